The molecule has 2 aromatic heterocycles. The van der Waals surface area contributed by atoms with Crippen molar-refractivity contribution in [1.29, 1.82) is 0 Å². The molecule has 5 N–H and O–H groups in total. The number of anilines is 3. The third-order valence-electron chi connectivity index (χ3n) is 5.85. The Labute approximate surface area is 178 Å². The molecular formula is C22H23FN6O2. The molecule has 0 unspecified atom stereocenters. The second-order valence-corrected chi connectivity index (χ2v) is 7.90. The summed E-state index contributed by atoms with van der Waals surface area (Å²) >= 11 is 0. The number of benzene rings is 1. The van der Waals surface area contributed by atoms with E-state index in [1.807, 2.05) is 6.92 Å². The number of amides is 1. The summed E-state index contributed by atoms with van der Waals surface area (Å²) in [5, 5.41) is 10.2. The molecule has 9 heteroatoms. The molecule has 0 bridgehead atoms. The van der Waals surface area contributed by atoms with Crippen molar-refractivity contribution in [3.05, 3.63) is 41.6 Å². The van der Waals surface area contributed by atoms with Crippen LogP contribution >= 0.6 is 0 Å². The lowest BCUT2D eigenvalue weighted by atomic mass is 9.95. The monoisotopic (exact) mass is 422 g/mol. The van der Waals surface area contributed by atoms with Gasteiger partial charge in [-0.1, -0.05) is 0 Å². The predicted octanol–water partition coefficient (Wildman–Crippen LogP) is 3.20. The van der Waals surface area contributed by atoms with Gasteiger partial charge in [0, 0.05) is 48.5 Å². The molecule has 0 atom stereocenters. The van der Waals surface area contributed by atoms with Gasteiger partial charge in [0.15, 0.2) is 5.82 Å². The van der Waals surface area contributed by atoms with Crippen molar-refractivity contribution in [1.82, 2.24) is 15.3 Å². The number of hydrogen-bond donors (Lipinski definition) is 4. The van der Waals surface area contributed by atoms with Gasteiger partial charge in [0.1, 0.15) is 11.9 Å². The number of aromatic nitrogens is 2. The number of nitrogens with one attached hydrogen (secondary N) is 3. The average Bonchev–Trinajstić information content (AvgIpc) is 2.74. The Morgan fingerprint density at radius 1 is 1.26 bits per heavy atom. The van der Waals surface area contributed by atoms with E-state index in [2.05, 4.69) is 25.9 Å². The van der Waals surface area contributed by atoms with Crippen LogP contribution in [-0.4, -0.2) is 41.8 Å². The Morgan fingerprint density at radius 2 is 2.10 bits per heavy atom. The molecule has 5 rings (SSSR count). The summed E-state index contributed by atoms with van der Waals surface area (Å²) in [4.78, 5) is 20.8. The Kier molecular flexibility index (Phi) is 4.82. The minimum atomic E-state index is -0.575. The van der Waals surface area contributed by atoms with Crippen LogP contribution < -0.4 is 21.7 Å². The number of pyridine rings is 2. The van der Waals surface area contributed by atoms with Crippen LogP contribution in [0.25, 0.3) is 21.9 Å². The number of hydrogen-bond acceptors (Lipinski definition) is 7. The van der Waals surface area contributed by atoms with Crippen molar-refractivity contribution in [2.75, 3.05) is 36.0 Å². The lowest BCUT2D eigenvalue weighted by molar-refractivity contribution is 0.0777. The van der Waals surface area contributed by atoms with Gasteiger partial charge in [-0.2, -0.15) is 0 Å². The zero-order valence-electron chi connectivity index (χ0n) is 17.1. The van der Waals surface area contributed by atoms with Crippen molar-refractivity contribution in [3.63, 3.8) is 0 Å². The minimum Gasteiger partial charge on any atom is -0.443 e. The van der Waals surface area contributed by atoms with Crippen molar-refractivity contribution in [3.8, 4) is 11.1 Å². The van der Waals surface area contributed by atoms with Gasteiger partial charge in [-0.25, -0.2) is 14.2 Å². The zero-order chi connectivity index (χ0) is 21.5. The molecule has 2 aliphatic rings. The summed E-state index contributed by atoms with van der Waals surface area (Å²) in [5.41, 5.74) is 10.1. The summed E-state index contributed by atoms with van der Waals surface area (Å²) in [7, 11) is 0. The average molecular weight is 422 g/mol. The number of rotatable bonds is 3. The third kappa shape index (κ3) is 3.50. The van der Waals surface area contributed by atoms with E-state index in [0.717, 1.165) is 36.3 Å². The molecule has 0 radical (unpaired) electrons. The van der Waals surface area contributed by atoms with E-state index in [1.54, 1.807) is 18.3 Å². The van der Waals surface area contributed by atoms with Crippen molar-refractivity contribution < 1.29 is 13.9 Å². The smallest absolute Gasteiger partial charge is 0.413 e. The normalized spacial score (nSPS) is 15.7. The summed E-state index contributed by atoms with van der Waals surface area (Å²) < 4.78 is 20.5. The zero-order valence-corrected chi connectivity index (χ0v) is 17.1. The molecule has 1 amide bonds. The number of nitrogens with zero attached hydrogens (tertiary/aromatic N) is 2. The molecule has 0 spiro atoms. The van der Waals surface area contributed by atoms with Crippen LogP contribution in [0.1, 0.15) is 17.7 Å². The fraction of sp³-hybridized carbons (Fsp3) is 0.318. The van der Waals surface area contributed by atoms with Gasteiger partial charge < -0.3 is 21.1 Å². The molecule has 31 heavy (non-hydrogen) atoms. The van der Waals surface area contributed by atoms with Gasteiger partial charge in [-0.05, 0) is 42.8 Å². The molecule has 8 nitrogen and oxygen atoms in total. The Hall–Kier alpha value is -3.46. The lowest BCUT2D eigenvalue weighted by Crippen LogP contribution is -2.49. The maximum absolute atomic E-state index is 15.2. The van der Waals surface area contributed by atoms with Crippen LogP contribution in [0.3, 0.4) is 0 Å². The Balaban J connectivity index is 1.53. The Morgan fingerprint density at radius 3 is 2.87 bits per heavy atom. The standard InChI is InChI=1S/C22H23FN6O2/c1-11-15(9-27-17-3-2-4-26-21(11)17)14-5-12-6-18(28-10-16(12)20(24)19(14)23)29-22(30)31-13-7-25-8-13/h5-6,9-10,13,25-26H,2-4,7-8,24H2,1H3,(H,28,29,30). The minimum absolute atomic E-state index is 0.0137. The van der Waals surface area contributed by atoms with Gasteiger partial charge in [0.25, 0.3) is 0 Å². The SMILES string of the molecule is Cc1c(-c2cc3cc(NC(=O)OC4CNC4)ncc3c(N)c2F)cnc2c1NCCC2. The maximum atomic E-state index is 15.2. The molecule has 2 aliphatic heterocycles. The molecule has 1 fully saturated rings. The summed E-state index contributed by atoms with van der Waals surface area (Å²) in [6, 6.07) is 3.38. The van der Waals surface area contributed by atoms with Gasteiger partial charge in [0.05, 0.1) is 17.1 Å². The number of aryl methyl sites for hydroxylation is 1. The van der Waals surface area contributed by atoms with E-state index in [4.69, 9.17) is 10.5 Å². The van der Waals surface area contributed by atoms with Crippen LogP contribution in [0.15, 0.2) is 24.5 Å². The Bertz CT molecular complexity index is 1190. The van der Waals surface area contributed by atoms with Gasteiger partial charge in [-0.15, -0.1) is 0 Å². The maximum Gasteiger partial charge on any atom is 0.413 e. The molecule has 4 heterocycles. The number of ether oxygens (including phenoxy) is 1. The highest BCUT2D eigenvalue weighted by molar-refractivity contribution is 5.99. The molecule has 3 aromatic rings. The van der Waals surface area contributed by atoms with Crippen LogP contribution in [0.5, 0.6) is 0 Å². The number of carbonyl (C=O) groups excluding carboxylic acids is 1. The van der Waals surface area contributed by atoms with Crippen molar-refractivity contribution in [2.45, 2.75) is 25.9 Å². The van der Waals surface area contributed by atoms with E-state index in [1.165, 1.54) is 6.20 Å². The predicted molar refractivity (Wildman–Crippen MR) is 118 cm³/mol. The number of carbonyl (C=O) groups is 1. The highest BCUT2D eigenvalue weighted by Crippen LogP contribution is 2.38. The number of halogens is 1. The van der Waals surface area contributed by atoms with E-state index < -0.39 is 11.9 Å². The number of fused-ring (bicyclic) bond motifs is 2. The second kappa shape index (κ2) is 7.66. The first-order valence-corrected chi connectivity index (χ1v) is 10.3. The fourth-order valence-corrected chi connectivity index (χ4v) is 4.01. The lowest BCUT2D eigenvalue weighted by Gasteiger charge is -2.26. The van der Waals surface area contributed by atoms with Crippen molar-refractivity contribution in [2.24, 2.45) is 0 Å². The molecule has 0 aliphatic carbocycles. The molecule has 1 aromatic carbocycles. The first-order chi connectivity index (χ1) is 15.0. The van der Waals surface area contributed by atoms with Crippen LogP contribution in [0, 0.1) is 12.7 Å². The number of nitrogen functional groups attached to an aromatic ring is 1. The van der Waals surface area contributed by atoms with Crippen LogP contribution in [0.4, 0.5) is 26.4 Å². The van der Waals surface area contributed by atoms with Gasteiger partial charge in [-0.3, -0.25) is 10.3 Å². The topological polar surface area (TPSA) is 114 Å². The van der Waals surface area contributed by atoms with E-state index >= 15 is 4.39 Å². The molecular weight excluding hydrogens is 399 g/mol. The number of nitrogens with two attached hydrogens (primary N) is 1. The molecule has 1 saturated heterocycles. The summed E-state index contributed by atoms with van der Waals surface area (Å²) in [6.07, 6.45) is 4.38. The van der Waals surface area contributed by atoms with E-state index in [9.17, 15) is 4.79 Å². The third-order valence-corrected chi connectivity index (χ3v) is 5.85. The molecule has 160 valence electrons. The largest absolute Gasteiger partial charge is 0.443 e. The quantitative estimate of drug-likeness (QED) is 0.479. The van der Waals surface area contributed by atoms with E-state index in [0.29, 0.717) is 40.8 Å². The van der Waals surface area contributed by atoms with E-state index in [-0.39, 0.29) is 11.8 Å². The second-order valence-electron chi connectivity index (χ2n) is 7.90. The summed E-state index contributed by atoms with van der Waals surface area (Å²) in [5.74, 6) is -0.198. The van der Waals surface area contributed by atoms with Gasteiger partial charge in [0.2, 0.25) is 0 Å². The van der Waals surface area contributed by atoms with Crippen LogP contribution in [0.2, 0.25) is 0 Å². The first kappa shape index (κ1) is 19.5. The fourth-order valence-electron chi connectivity index (χ4n) is 4.01. The highest BCUT2D eigenvalue weighted by Gasteiger charge is 2.22. The van der Waals surface area contributed by atoms with Crippen LogP contribution in [-0.2, 0) is 11.2 Å². The van der Waals surface area contributed by atoms with Gasteiger partial charge >= 0.3 is 6.09 Å². The summed E-state index contributed by atoms with van der Waals surface area (Å²) in [6.45, 7) is 4.11. The first-order valence-electron chi connectivity index (χ1n) is 10.3. The van der Waals surface area contributed by atoms with Crippen molar-refractivity contribution >= 4 is 34.1 Å². The molecule has 0 saturated carbocycles. The highest BCUT2D eigenvalue weighted by atomic mass is 19.1.